The van der Waals surface area contributed by atoms with Crippen LogP contribution in [0.4, 0.5) is 10.1 Å². The molecular weight excluding hydrogens is 243 g/mol. The fraction of sp³-hybridized carbons (Fsp3) is 0.364. The number of halogens is 1. The maximum atomic E-state index is 13.4. The lowest BCUT2D eigenvalue weighted by atomic mass is 10.1. The van der Waals surface area contributed by atoms with Crippen LogP contribution in [0, 0.1) is 15.9 Å². The lowest BCUT2D eigenvalue weighted by Gasteiger charge is -2.04. The quantitative estimate of drug-likeness (QED) is 0.632. The molecule has 2 N–H and O–H groups in total. The van der Waals surface area contributed by atoms with E-state index in [9.17, 15) is 19.3 Å². The van der Waals surface area contributed by atoms with E-state index in [1.807, 2.05) is 13.8 Å². The molecule has 1 amide bonds. The van der Waals surface area contributed by atoms with E-state index in [2.05, 4.69) is 5.32 Å². The molecule has 0 bridgehead atoms. The van der Waals surface area contributed by atoms with Crippen LogP contribution in [-0.4, -0.2) is 29.1 Å². The van der Waals surface area contributed by atoms with Gasteiger partial charge in [0.15, 0.2) is 0 Å². The van der Waals surface area contributed by atoms with Crippen LogP contribution >= 0.6 is 0 Å². The van der Waals surface area contributed by atoms with Gasteiger partial charge in [-0.1, -0.05) is 19.9 Å². The zero-order valence-corrected chi connectivity index (χ0v) is 10.1. The second-order valence-electron chi connectivity index (χ2n) is 2.88. The number of nitrogens with one attached hydrogen (secondary N) is 1. The Bertz CT molecular complexity index is 424. The molecule has 0 heterocycles. The molecular formula is C11H15FN2O4. The fourth-order valence-electron chi connectivity index (χ4n) is 1.10. The van der Waals surface area contributed by atoms with Gasteiger partial charge in [-0.2, -0.15) is 4.39 Å². The number of nitro benzene ring substituents is 1. The van der Waals surface area contributed by atoms with E-state index in [1.54, 1.807) is 0 Å². The van der Waals surface area contributed by atoms with Crippen LogP contribution in [0.3, 0.4) is 0 Å². The van der Waals surface area contributed by atoms with Crippen molar-refractivity contribution in [3.8, 4) is 0 Å². The summed E-state index contributed by atoms with van der Waals surface area (Å²) >= 11 is 0. The number of hydrogen-bond acceptors (Lipinski definition) is 4. The Hall–Kier alpha value is -2.02. The molecule has 0 unspecified atom stereocenters. The molecule has 7 heteroatoms. The second kappa shape index (κ2) is 8.13. The van der Waals surface area contributed by atoms with Crippen molar-refractivity contribution in [1.82, 2.24) is 5.32 Å². The Morgan fingerprint density at radius 3 is 2.61 bits per heavy atom. The van der Waals surface area contributed by atoms with Crippen molar-refractivity contribution < 1.29 is 19.2 Å². The molecule has 0 saturated heterocycles. The summed E-state index contributed by atoms with van der Waals surface area (Å²) in [5.41, 5.74) is -1.17. The van der Waals surface area contributed by atoms with Crippen LogP contribution in [0.25, 0.3) is 0 Å². The van der Waals surface area contributed by atoms with Crippen molar-refractivity contribution in [2.45, 2.75) is 13.8 Å². The molecule has 0 fully saturated rings. The first-order valence-electron chi connectivity index (χ1n) is 5.40. The van der Waals surface area contributed by atoms with E-state index < -0.39 is 27.9 Å². The summed E-state index contributed by atoms with van der Waals surface area (Å²) in [6, 6.07) is 3.32. The normalized spacial score (nSPS) is 9.11. The highest BCUT2D eigenvalue weighted by Gasteiger charge is 2.21. The monoisotopic (exact) mass is 258 g/mol. The number of aliphatic hydroxyl groups excluding tert-OH is 1. The number of nitro groups is 1. The van der Waals surface area contributed by atoms with Gasteiger partial charge in [0.1, 0.15) is 0 Å². The predicted octanol–water partition coefficient (Wildman–Crippen LogP) is 1.48. The first-order valence-corrected chi connectivity index (χ1v) is 5.40. The SMILES string of the molecule is CC.O=C(NCCO)c1cccc([N+](=O)[O-])c1F. The van der Waals surface area contributed by atoms with E-state index in [4.69, 9.17) is 5.11 Å². The van der Waals surface area contributed by atoms with E-state index in [1.165, 1.54) is 6.07 Å². The van der Waals surface area contributed by atoms with Gasteiger partial charge in [-0.15, -0.1) is 0 Å². The Kier molecular flexibility index (Phi) is 7.22. The number of amides is 1. The summed E-state index contributed by atoms with van der Waals surface area (Å²) in [7, 11) is 0. The molecule has 18 heavy (non-hydrogen) atoms. The van der Waals surface area contributed by atoms with Crippen molar-refractivity contribution in [2.24, 2.45) is 0 Å². The van der Waals surface area contributed by atoms with E-state index in [0.717, 1.165) is 12.1 Å². The van der Waals surface area contributed by atoms with E-state index in [0.29, 0.717) is 0 Å². The standard InChI is InChI=1S/C9H9FN2O4.C2H6/c10-8-6(9(14)11-4-5-13)2-1-3-7(8)12(15)16;1-2/h1-3,13H,4-5H2,(H,11,14);1-2H3. The number of benzene rings is 1. The van der Waals surface area contributed by atoms with Crippen LogP contribution in [0.15, 0.2) is 18.2 Å². The molecule has 0 saturated carbocycles. The minimum absolute atomic E-state index is 0.0407. The maximum Gasteiger partial charge on any atom is 0.305 e. The Morgan fingerprint density at radius 2 is 2.11 bits per heavy atom. The van der Waals surface area contributed by atoms with Crippen molar-refractivity contribution in [1.29, 1.82) is 0 Å². The summed E-state index contributed by atoms with van der Waals surface area (Å²) in [5, 5.41) is 21.1. The number of carbonyl (C=O) groups is 1. The van der Waals surface area contributed by atoms with Crippen molar-refractivity contribution in [3.05, 3.63) is 39.7 Å². The predicted molar refractivity (Wildman–Crippen MR) is 63.8 cm³/mol. The summed E-state index contributed by atoms with van der Waals surface area (Å²) in [4.78, 5) is 20.8. The van der Waals surface area contributed by atoms with Crippen molar-refractivity contribution in [2.75, 3.05) is 13.2 Å². The molecule has 0 aliphatic carbocycles. The van der Waals surface area contributed by atoms with Gasteiger partial charge in [-0.25, -0.2) is 0 Å². The van der Waals surface area contributed by atoms with Gasteiger partial charge in [0.25, 0.3) is 5.91 Å². The molecule has 0 aromatic heterocycles. The molecule has 6 nitrogen and oxygen atoms in total. The molecule has 100 valence electrons. The van der Waals surface area contributed by atoms with Gasteiger partial charge in [0.05, 0.1) is 17.1 Å². The second-order valence-corrected chi connectivity index (χ2v) is 2.88. The Labute approximate surface area is 104 Å². The van der Waals surface area contributed by atoms with Gasteiger partial charge < -0.3 is 10.4 Å². The third kappa shape index (κ3) is 4.10. The molecule has 1 aromatic carbocycles. The third-order valence-electron chi connectivity index (χ3n) is 1.82. The zero-order valence-electron chi connectivity index (χ0n) is 10.1. The molecule has 0 spiro atoms. The van der Waals surface area contributed by atoms with E-state index >= 15 is 0 Å². The lowest BCUT2D eigenvalue weighted by molar-refractivity contribution is -0.387. The highest BCUT2D eigenvalue weighted by Crippen LogP contribution is 2.19. The molecule has 1 rings (SSSR count). The smallest absolute Gasteiger partial charge is 0.305 e. The van der Waals surface area contributed by atoms with Crippen LogP contribution in [0.1, 0.15) is 24.2 Å². The van der Waals surface area contributed by atoms with Crippen LogP contribution in [-0.2, 0) is 0 Å². The summed E-state index contributed by atoms with van der Waals surface area (Å²) in [5.74, 6) is -1.97. The van der Waals surface area contributed by atoms with Crippen LogP contribution < -0.4 is 5.32 Å². The number of hydrogen-bond donors (Lipinski definition) is 2. The highest BCUT2D eigenvalue weighted by molar-refractivity contribution is 5.95. The minimum Gasteiger partial charge on any atom is -0.395 e. The summed E-state index contributed by atoms with van der Waals surface area (Å²) < 4.78 is 13.4. The maximum absolute atomic E-state index is 13.4. The third-order valence-corrected chi connectivity index (χ3v) is 1.82. The van der Waals surface area contributed by atoms with Crippen LogP contribution in [0.2, 0.25) is 0 Å². The van der Waals surface area contributed by atoms with Gasteiger partial charge in [0.2, 0.25) is 5.82 Å². The fourth-order valence-corrected chi connectivity index (χ4v) is 1.10. The van der Waals surface area contributed by atoms with E-state index in [-0.39, 0.29) is 13.2 Å². The molecule has 0 aliphatic rings. The minimum atomic E-state index is -1.18. The number of carbonyl (C=O) groups excluding carboxylic acids is 1. The topological polar surface area (TPSA) is 92.5 Å². The molecule has 0 aliphatic heterocycles. The molecule has 1 aromatic rings. The number of aliphatic hydroxyl groups is 1. The first-order chi connectivity index (χ1) is 8.57. The van der Waals surface area contributed by atoms with Crippen molar-refractivity contribution >= 4 is 11.6 Å². The van der Waals surface area contributed by atoms with Gasteiger partial charge in [-0.05, 0) is 6.07 Å². The van der Waals surface area contributed by atoms with Gasteiger partial charge in [0, 0.05) is 12.6 Å². The van der Waals surface area contributed by atoms with Gasteiger partial charge in [-0.3, -0.25) is 14.9 Å². The summed E-state index contributed by atoms with van der Waals surface area (Å²) in [6.07, 6.45) is 0. The first kappa shape index (κ1) is 16.0. The Balaban J connectivity index is 0.00000137. The zero-order chi connectivity index (χ0) is 14.1. The van der Waals surface area contributed by atoms with Crippen LogP contribution in [0.5, 0.6) is 0 Å². The molecule has 0 atom stereocenters. The molecule has 0 radical (unpaired) electrons. The average Bonchev–Trinajstić information content (AvgIpc) is 2.38. The number of nitrogens with zero attached hydrogens (tertiary/aromatic N) is 1. The lowest BCUT2D eigenvalue weighted by Crippen LogP contribution is -2.27. The van der Waals surface area contributed by atoms with Crippen molar-refractivity contribution in [3.63, 3.8) is 0 Å². The number of rotatable bonds is 4. The highest BCUT2D eigenvalue weighted by atomic mass is 19.1. The summed E-state index contributed by atoms with van der Waals surface area (Å²) in [6.45, 7) is 3.67. The van der Waals surface area contributed by atoms with Gasteiger partial charge >= 0.3 is 5.69 Å². The average molecular weight is 258 g/mol. The Morgan fingerprint density at radius 1 is 1.50 bits per heavy atom. The largest absolute Gasteiger partial charge is 0.395 e.